The molecule has 0 bridgehead atoms. The van der Waals surface area contributed by atoms with Crippen LogP contribution < -0.4 is 10.6 Å². The summed E-state index contributed by atoms with van der Waals surface area (Å²) in [6, 6.07) is 7.38. The molecule has 1 aromatic rings. The fourth-order valence-electron chi connectivity index (χ4n) is 3.00. The van der Waals surface area contributed by atoms with Crippen LogP contribution in [-0.2, 0) is 25.5 Å². The average Bonchev–Trinajstić information content (AvgIpc) is 3.11. The highest BCUT2D eigenvalue weighted by Crippen LogP contribution is 2.20. The van der Waals surface area contributed by atoms with Gasteiger partial charge in [0.2, 0.25) is 17.7 Å². The van der Waals surface area contributed by atoms with Crippen molar-refractivity contribution in [1.29, 1.82) is 0 Å². The maximum atomic E-state index is 11.9. The molecule has 0 unspecified atom stereocenters. The van der Waals surface area contributed by atoms with E-state index < -0.39 is 0 Å². The Hall–Kier alpha value is -2.21. The number of hydrogen-bond donors (Lipinski definition) is 2. The first-order valence-corrected chi connectivity index (χ1v) is 7.94. The second kappa shape index (κ2) is 6.91. The summed E-state index contributed by atoms with van der Waals surface area (Å²) in [7, 11) is 0. The Labute approximate surface area is 134 Å². The van der Waals surface area contributed by atoms with Crippen LogP contribution in [0.15, 0.2) is 24.3 Å². The molecule has 6 heteroatoms. The first-order chi connectivity index (χ1) is 11.1. The SMILES string of the molecule is O=C1C[C@@H](Cc2ccc(NC(=O)C[C@H]3CCCO3)cc2)C(=O)N1. The number of carbonyl (C=O) groups is 3. The number of benzene rings is 1. The zero-order chi connectivity index (χ0) is 16.2. The Bertz CT molecular complexity index is 606. The van der Waals surface area contributed by atoms with Crippen molar-refractivity contribution in [2.75, 3.05) is 11.9 Å². The van der Waals surface area contributed by atoms with E-state index in [1.807, 2.05) is 24.3 Å². The van der Waals surface area contributed by atoms with Crippen molar-refractivity contribution in [1.82, 2.24) is 5.32 Å². The molecule has 2 aliphatic rings. The highest BCUT2D eigenvalue weighted by atomic mass is 16.5. The van der Waals surface area contributed by atoms with Crippen molar-refractivity contribution in [2.45, 2.75) is 38.2 Å². The standard InChI is InChI=1S/C17H20N2O4/c20-15-9-12(17(22)19-15)8-11-3-5-13(6-4-11)18-16(21)10-14-2-1-7-23-14/h3-6,12,14H,1-2,7-10H2,(H,18,21)(H,19,20,22)/t12-,14-/m1/s1. The van der Waals surface area contributed by atoms with Gasteiger partial charge in [-0.05, 0) is 37.0 Å². The lowest BCUT2D eigenvalue weighted by atomic mass is 9.98. The van der Waals surface area contributed by atoms with Gasteiger partial charge in [0, 0.05) is 18.7 Å². The van der Waals surface area contributed by atoms with E-state index >= 15 is 0 Å². The molecule has 2 fully saturated rings. The van der Waals surface area contributed by atoms with E-state index in [9.17, 15) is 14.4 Å². The smallest absolute Gasteiger partial charge is 0.230 e. The van der Waals surface area contributed by atoms with Gasteiger partial charge < -0.3 is 10.1 Å². The summed E-state index contributed by atoms with van der Waals surface area (Å²) >= 11 is 0. The Balaban J connectivity index is 1.51. The van der Waals surface area contributed by atoms with Crippen LogP contribution in [0.3, 0.4) is 0 Å². The molecule has 23 heavy (non-hydrogen) atoms. The number of anilines is 1. The third-order valence-corrected chi connectivity index (χ3v) is 4.22. The van der Waals surface area contributed by atoms with Crippen LogP contribution in [0, 0.1) is 5.92 Å². The molecule has 1 aromatic carbocycles. The molecule has 2 saturated heterocycles. The fourth-order valence-corrected chi connectivity index (χ4v) is 3.00. The highest BCUT2D eigenvalue weighted by molar-refractivity contribution is 6.03. The largest absolute Gasteiger partial charge is 0.378 e. The van der Waals surface area contributed by atoms with Gasteiger partial charge in [-0.2, -0.15) is 0 Å². The van der Waals surface area contributed by atoms with Crippen LogP contribution in [0.2, 0.25) is 0 Å². The first kappa shape index (κ1) is 15.7. The third kappa shape index (κ3) is 4.16. The lowest BCUT2D eigenvalue weighted by Gasteiger charge is -2.11. The summed E-state index contributed by atoms with van der Waals surface area (Å²) < 4.78 is 5.45. The van der Waals surface area contributed by atoms with Crippen LogP contribution in [0.1, 0.15) is 31.2 Å². The summed E-state index contributed by atoms with van der Waals surface area (Å²) in [5.74, 6) is -0.755. The van der Waals surface area contributed by atoms with E-state index in [2.05, 4.69) is 10.6 Å². The minimum Gasteiger partial charge on any atom is -0.378 e. The molecular formula is C17H20N2O4. The molecule has 0 saturated carbocycles. The monoisotopic (exact) mass is 316 g/mol. The molecule has 0 aliphatic carbocycles. The first-order valence-electron chi connectivity index (χ1n) is 7.94. The van der Waals surface area contributed by atoms with Gasteiger partial charge in [-0.1, -0.05) is 12.1 Å². The zero-order valence-corrected chi connectivity index (χ0v) is 12.8. The summed E-state index contributed by atoms with van der Waals surface area (Å²) in [5.41, 5.74) is 1.70. The number of carbonyl (C=O) groups excluding carboxylic acids is 3. The van der Waals surface area contributed by atoms with Crippen molar-refractivity contribution in [2.24, 2.45) is 5.92 Å². The van der Waals surface area contributed by atoms with Gasteiger partial charge in [0.05, 0.1) is 18.4 Å². The molecular weight excluding hydrogens is 296 g/mol. The fraction of sp³-hybridized carbons (Fsp3) is 0.471. The van der Waals surface area contributed by atoms with Crippen LogP contribution in [-0.4, -0.2) is 30.4 Å². The minimum absolute atomic E-state index is 0.0349. The normalized spacial score (nSPS) is 23.8. The molecule has 2 N–H and O–H groups in total. The number of rotatable bonds is 5. The van der Waals surface area contributed by atoms with E-state index in [4.69, 9.17) is 4.74 Å². The zero-order valence-electron chi connectivity index (χ0n) is 12.8. The van der Waals surface area contributed by atoms with Gasteiger partial charge in [0.25, 0.3) is 0 Å². The van der Waals surface area contributed by atoms with Gasteiger partial charge in [0.15, 0.2) is 0 Å². The molecule has 3 rings (SSSR count). The maximum absolute atomic E-state index is 11.9. The second-order valence-electron chi connectivity index (χ2n) is 6.10. The van der Waals surface area contributed by atoms with Gasteiger partial charge in [-0.15, -0.1) is 0 Å². The maximum Gasteiger partial charge on any atom is 0.230 e. The van der Waals surface area contributed by atoms with Crippen molar-refractivity contribution < 1.29 is 19.1 Å². The lowest BCUT2D eigenvalue weighted by Crippen LogP contribution is -2.22. The van der Waals surface area contributed by atoms with Gasteiger partial charge in [-0.25, -0.2) is 0 Å². The number of nitrogens with one attached hydrogen (secondary N) is 2. The van der Waals surface area contributed by atoms with Crippen molar-refractivity contribution in [3.63, 3.8) is 0 Å². The van der Waals surface area contributed by atoms with E-state index in [0.717, 1.165) is 30.7 Å². The van der Waals surface area contributed by atoms with Gasteiger partial charge in [-0.3, -0.25) is 19.7 Å². The summed E-state index contributed by atoms with van der Waals surface area (Å²) in [6.45, 7) is 0.740. The number of hydrogen-bond acceptors (Lipinski definition) is 4. The molecule has 0 radical (unpaired) electrons. The van der Waals surface area contributed by atoms with E-state index in [-0.39, 0.29) is 36.2 Å². The topological polar surface area (TPSA) is 84.5 Å². The van der Waals surface area contributed by atoms with Crippen molar-refractivity contribution in [3.8, 4) is 0 Å². The average molecular weight is 316 g/mol. The molecule has 3 amide bonds. The predicted octanol–water partition coefficient (Wildman–Crippen LogP) is 1.40. The van der Waals surface area contributed by atoms with Gasteiger partial charge >= 0.3 is 0 Å². The third-order valence-electron chi connectivity index (χ3n) is 4.22. The van der Waals surface area contributed by atoms with Crippen LogP contribution >= 0.6 is 0 Å². The molecule has 2 heterocycles. The quantitative estimate of drug-likeness (QED) is 0.804. The Morgan fingerprint density at radius 1 is 1.26 bits per heavy atom. The molecule has 0 spiro atoms. The number of ether oxygens (including phenoxy) is 1. The Kier molecular flexibility index (Phi) is 4.71. The van der Waals surface area contributed by atoms with Crippen molar-refractivity contribution in [3.05, 3.63) is 29.8 Å². The Morgan fingerprint density at radius 3 is 2.65 bits per heavy atom. The van der Waals surface area contributed by atoms with E-state index in [1.54, 1.807) is 0 Å². The molecule has 2 atom stereocenters. The molecule has 122 valence electrons. The summed E-state index contributed by atoms with van der Waals surface area (Å²) in [5, 5.41) is 5.17. The lowest BCUT2D eigenvalue weighted by molar-refractivity contribution is -0.126. The number of amides is 3. The van der Waals surface area contributed by atoms with E-state index in [1.165, 1.54) is 0 Å². The Morgan fingerprint density at radius 2 is 2.04 bits per heavy atom. The van der Waals surface area contributed by atoms with E-state index in [0.29, 0.717) is 12.8 Å². The summed E-state index contributed by atoms with van der Waals surface area (Å²) in [6.07, 6.45) is 3.15. The molecule has 6 nitrogen and oxygen atoms in total. The van der Waals surface area contributed by atoms with Crippen LogP contribution in [0.4, 0.5) is 5.69 Å². The minimum atomic E-state index is -0.289. The van der Waals surface area contributed by atoms with Crippen molar-refractivity contribution >= 4 is 23.4 Å². The predicted molar refractivity (Wildman–Crippen MR) is 83.6 cm³/mol. The van der Waals surface area contributed by atoms with Crippen LogP contribution in [0.5, 0.6) is 0 Å². The molecule has 0 aromatic heterocycles. The molecule has 2 aliphatic heterocycles. The van der Waals surface area contributed by atoms with Gasteiger partial charge in [0.1, 0.15) is 0 Å². The van der Waals surface area contributed by atoms with Crippen LogP contribution in [0.25, 0.3) is 0 Å². The summed E-state index contributed by atoms with van der Waals surface area (Å²) in [4.78, 5) is 34.7. The highest BCUT2D eigenvalue weighted by Gasteiger charge is 2.30. The number of imide groups is 1. The second-order valence-corrected chi connectivity index (χ2v) is 6.10.